The smallest absolute Gasteiger partial charge is 0.326 e. The number of morpholine rings is 1. The van der Waals surface area contributed by atoms with E-state index in [1.54, 1.807) is 12.1 Å². The van der Waals surface area contributed by atoms with Crippen LogP contribution in [0.4, 0.5) is 5.69 Å². The second kappa shape index (κ2) is 6.36. The molecule has 1 aromatic rings. The second-order valence-electron chi connectivity index (χ2n) is 5.64. The number of likely N-dealkylation sites (tertiary alicyclic amines) is 1. The summed E-state index contributed by atoms with van der Waals surface area (Å²) in [5.74, 6) is -1.12. The highest BCUT2D eigenvalue weighted by Crippen LogP contribution is 2.22. The number of nitrogens with zero attached hydrogens (tertiary/aromatic N) is 2. The molecule has 3 rings (SSSR count). The number of aliphatic carboxylic acids is 1. The molecule has 22 heavy (non-hydrogen) atoms. The average molecular weight is 304 g/mol. The van der Waals surface area contributed by atoms with Crippen molar-refractivity contribution in [2.45, 2.75) is 18.9 Å². The molecule has 1 atom stereocenters. The highest BCUT2D eigenvalue weighted by molar-refractivity contribution is 5.97. The van der Waals surface area contributed by atoms with Gasteiger partial charge < -0.3 is 19.6 Å². The van der Waals surface area contributed by atoms with E-state index in [1.165, 1.54) is 4.90 Å². The zero-order valence-electron chi connectivity index (χ0n) is 12.4. The highest BCUT2D eigenvalue weighted by atomic mass is 16.5. The third kappa shape index (κ3) is 2.92. The van der Waals surface area contributed by atoms with Gasteiger partial charge in [0.1, 0.15) is 6.04 Å². The molecule has 2 aliphatic rings. The van der Waals surface area contributed by atoms with E-state index in [-0.39, 0.29) is 5.91 Å². The number of carboxylic acid groups (broad SMARTS) is 1. The van der Waals surface area contributed by atoms with Crippen LogP contribution in [-0.2, 0) is 9.53 Å². The summed E-state index contributed by atoms with van der Waals surface area (Å²) in [6.07, 6.45) is 1.28. The SMILES string of the molecule is O=C(O)[C@H]1CCCN1C(=O)c1ccc(N2CCOCC2)cc1. The summed E-state index contributed by atoms with van der Waals surface area (Å²) in [5, 5.41) is 9.18. The Kier molecular flexibility index (Phi) is 4.29. The lowest BCUT2D eigenvalue weighted by Crippen LogP contribution is -2.40. The van der Waals surface area contributed by atoms with Gasteiger partial charge in [0.25, 0.3) is 5.91 Å². The third-order valence-electron chi connectivity index (χ3n) is 4.29. The Hall–Kier alpha value is -2.08. The molecule has 0 radical (unpaired) electrons. The molecule has 2 fully saturated rings. The van der Waals surface area contributed by atoms with Gasteiger partial charge in [0.05, 0.1) is 13.2 Å². The number of carbonyl (C=O) groups excluding carboxylic acids is 1. The Morgan fingerprint density at radius 2 is 1.77 bits per heavy atom. The van der Waals surface area contributed by atoms with Gasteiger partial charge in [0.2, 0.25) is 0 Å². The first-order valence-corrected chi connectivity index (χ1v) is 7.63. The van der Waals surface area contributed by atoms with E-state index in [2.05, 4.69) is 4.90 Å². The molecular formula is C16H20N2O4. The van der Waals surface area contributed by atoms with Crippen LogP contribution in [0.25, 0.3) is 0 Å². The van der Waals surface area contributed by atoms with Crippen LogP contribution in [0.15, 0.2) is 24.3 Å². The van der Waals surface area contributed by atoms with Crippen molar-refractivity contribution in [2.24, 2.45) is 0 Å². The van der Waals surface area contributed by atoms with Crippen LogP contribution < -0.4 is 4.90 Å². The van der Waals surface area contributed by atoms with E-state index in [1.807, 2.05) is 12.1 Å². The predicted molar refractivity (Wildman–Crippen MR) is 81.2 cm³/mol. The van der Waals surface area contributed by atoms with Crippen LogP contribution in [0.1, 0.15) is 23.2 Å². The molecule has 0 bridgehead atoms. The molecule has 0 unspecified atom stereocenters. The molecular weight excluding hydrogens is 284 g/mol. The molecule has 0 spiro atoms. The van der Waals surface area contributed by atoms with E-state index < -0.39 is 12.0 Å². The largest absolute Gasteiger partial charge is 0.480 e. The van der Waals surface area contributed by atoms with Crippen LogP contribution in [0, 0.1) is 0 Å². The van der Waals surface area contributed by atoms with Crippen molar-refractivity contribution in [1.82, 2.24) is 4.90 Å². The van der Waals surface area contributed by atoms with Crippen molar-refractivity contribution >= 4 is 17.6 Å². The van der Waals surface area contributed by atoms with Crippen molar-refractivity contribution in [1.29, 1.82) is 0 Å². The van der Waals surface area contributed by atoms with Gasteiger partial charge in [-0.15, -0.1) is 0 Å². The maximum absolute atomic E-state index is 12.5. The topological polar surface area (TPSA) is 70.1 Å². The van der Waals surface area contributed by atoms with Gasteiger partial charge in [-0.25, -0.2) is 4.79 Å². The summed E-state index contributed by atoms with van der Waals surface area (Å²) in [4.78, 5) is 27.4. The molecule has 0 saturated carbocycles. The lowest BCUT2D eigenvalue weighted by atomic mass is 10.1. The molecule has 6 nitrogen and oxygen atoms in total. The van der Waals surface area contributed by atoms with Crippen LogP contribution in [-0.4, -0.2) is 60.8 Å². The monoisotopic (exact) mass is 304 g/mol. The summed E-state index contributed by atoms with van der Waals surface area (Å²) in [6, 6.07) is 6.72. The maximum Gasteiger partial charge on any atom is 0.326 e. The molecule has 0 aliphatic carbocycles. The molecule has 2 aliphatic heterocycles. The van der Waals surface area contributed by atoms with Gasteiger partial charge in [-0.1, -0.05) is 0 Å². The minimum Gasteiger partial charge on any atom is -0.480 e. The second-order valence-corrected chi connectivity index (χ2v) is 5.64. The van der Waals surface area contributed by atoms with E-state index in [0.29, 0.717) is 18.5 Å². The van der Waals surface area contributed by atoms with Crippen LogP contribution in [0.5, 0.6) is 0 Å². The van der Waals surface area contributed by atoms with Crippen molar-refractivity contribution in [3.63, 3.8) is 0 Å². The summed E-state index contributed by atoms with van der Waals surface area (Å²) in [5.41, 5.74) is 1.61. The Balaban J connectivity index is 1.72. The summed E-state index contributed by atoms with van der Waals surface area (Å²) in [6.45, 7) is 3.64. The Bertz CT molecular complexity index is 552. The average Bonchev–Trinajstić information content (AvgIpc) is 3.05. The molecule has 1 aromatic carbocycles. The normalized spacial score (nSPS) is 21.9. The van der Waals surface area contributed by atoms with Gasteiger partial charge in [-0.3, -0.25) is 4.79 Å². The Morgan fingerprint density at radius 3 is 2.41 bits per heavy atom. The maximum atomic E-state index is 12.5. The first-order chi connectivity index (χ1) is 10.7. The van der Waals surface area contributed by atoms with Gasteiger partial charge in [-0.2, -0.15) is 0 Å². The predicted octanol–water partition coefficient (Wildman–Crippen LogP) is 1.21. The van der Waals surface area contributed by atoms with Crippen molar-refractivity contribution in [3.8, 4) is 0 Å². The lowest BCUT2D eigenvalue weighted by Gasteiger charge is -2.29. The number of amides is 1. The van der Waals surface area contributed by atoms with Crippen molar-refractivity contribution < 1.29 is 19.4 Å². The zero-order chi connectivity index (χ0) is 15.5. The van der Waals surface area contributed by atoms with Gasteiger partial charge in [0, 0.05) is 30.9 Å². The van der Waals surface area contributed by atoms with Crippen LogP contribution in [0.2, 0.25) is 0 Å². The van der Waals surface area contributed by atoms with Crippen LogP contribution >= 0.6 is 0 Å². The fourth-order valence-corrected chi connectivity index (χ4v) is 3.07. The van der Waals surface area contributed by atoms with Gasteiger partial charge in [0.15, 0.2) is 0 Å². The van der Waals surface area contributed by atoms with Gasteiger partial charge in [-0.05, 0) is 37.1 Å². The molecule has 1 N–H and O–H groups in total. The van der Waals surface area contributed by atoms with E-state index in [0.717, 1.165) is 38.4 Å². The standard InChI is InChI=1S/C16H20N2O4/c19-15(18-7-1-2-14(18)16(20)21)12-3-5-13(6-4-12)17-8-10-22-11-9-17/h3-6,14H,1-2,7-11H2,(H,20,21)/t14-/m1/s1. The van der Waals surface area contributed by atoms with E-state index in [9.17, 15) is 14.7 Å². The van der Waals surface area contributed by atoms with E-state index >= 15 is 0 Å². The number of benzene rings is 1. The number of carbonyl (C=O) groups is 2. The fraction of sp³-hybridized carbons (Fsp3) is 0.500. The number of hydrogen-bond acceptors (Lipinski definition) is 4. The number of rotatable bonds is 3. The molecule has 6 heteroatoms. The highest BCUT2D eigenvalue weighted by Gasteiger charge is 2.34. The number of anilines is 1. The summed E-state index contributed by atoms with van der Waals surface area (Å²) < 4.78 is 5.33. The minimum absolute atomic E-state index is 0.196. The quantitative estimate of drug-likeness (QED) is 0.909. The first-order valence-electron chi connectivity index (χ1n) is 7.63. The molecule has 1 amide bonds. The first kappa shape index (κ1) is 14.8. The zero-order valence-corrected chi connectivity index (χ0v) is 12.4. The van der Waals surface area contributed by atoms with Gasteiger partial charge >= 0.3 is 5.97 Å². The molecule has 118 valence electrons. The number of carboxylic acids is 1. The third-order valence-corrected chi connectivity index (χ3v) is 4.29. The summed E-state index contributed by atoms with van der Waals surface area (Å²) in [7, 11) is 0. The van der Waals surface area contributed by atoms with Crippen molar-refractivity contribution in [3.05, 3.63) is 29.8 Å². The summed E-state index contributed by atoms with van der Waals surface area (Å²) >= 11 is 0. The number of ether oxygens (including phenoxy) is 1. The minimum atomic E-state index is -0.921. The molecule has 2 saturated heterocycles. The number of hydrogen-bond donors (Lipinski definition) is 1. The van der Waals surface area contributed by atoms with Crippen LogP contribution in [0.3, 0.4) is 0 Å². The lowest BCUT2D eigenvalue weighted by molar-refractivity contribution is -0.141. The molecule has 2 heterocycles. The Morgan fingerprint density at radius 1 is 1.09 bits per heavy atom. The van der Waals surface area contributed by atoms with Crippen molar-refractivity contribution in [2.75, 3.05) is 37.7 Å². The fourth-order valence-electron chi connectivity index (χ4n) is 3.07. The Labute approximate surface area is 129 Å². The molecule has 0 aromatic heterocycles. The van der Waals surface area contributed by atoms with E-state index in [4.69, 9.17) is 4.74 Å².